The van der Waals surface area contributed by atoms with Crippen LogP contribution in [-0.2, 0) is 4.79 Å². The standard InChI is InChI=1S/C15H23N3O2/c1-5-15(16,6-2)14(20)18-12-9-11(13(19)17-4)8-7-10(12)3/h7-9H,5-6,16H2,1-4H3,(H,17,19)(H,18,20). The highest BCUT2D eigenvalue weighted by Crippen LogP contribution is 2.20. The highest BCUT2D eigenvalue weighted by molar-refractivity contribution is 6.00. The summed E-state index contributed by atoms with van der Waals surface area (Å²) >= 11 is 0. The van der Waals surface area contributed by atoms with Gasteiger partial charge in [-0.05, 0) is 37.5 Å². The Morgan fingerprint density at radius 2 is 1.85 bits per heavy atom. The molecule has 0 aliphatic heterocycles. The van der Waals surface area contributed by atoms with Crippen LogP contribution < -0.4 is 16.4 Å². The van der Waals surface area contributed by atoms with Crippen molar-refractivity contribution in [3.8, 4) is 0 Å². The highest BCUT2D eigenvalue weighted by atomic mass is 16.2. The van der Waals surface area contributed by atoms with Crippen LogP contribution in [0.5, 0.6) is 0 Å². The summed E-state index contributed by atoms with van der Waals surface area (Å²) in [4.78, 5) is 23.9. The molecule has 20 heavy (non-hydrogen) atoms. The number of hydrogen-bond acceptors (Lipinski definition) is 3. The topological polar surface area (TPSA) is 84.2 Å². The summed E-state index contributed by atoms with van der Waals surface area (Å²) in [5, 5.41) is 5.39. The molecule has 0 fully saturated rings. The van der Waals surface area contributed by atoms with Crippen molar-refractivity contribution in [2.24, 2.45) is 5.73 Å². The number of amides is 2. The Morgan fingerprint density at radius 1 is 1.25 bits per heavy atom. The smallest absolute Gasteiger partial charge is 0.251 e. The average Bonchev–Trinajstić information content (AvgIpc) is 2.47. The van der Waals surface area contributed by atoms with Crippen LogP contribution in [0.25, 0.3) is 0 Å². The van der Waals surface area contributed by atoms with Gasteiger partial charge in [0.15, 0.2) is 0 Å². The number of carbonyl (C=O) groups is 2. The first kappa shape index (κ1) is 16.2. The second-order valence-corrected chi connectivity index (χ2v) is 4.93. The zero-order valence-electron chi connectivity index (χ0n) is 12.5. The maximum Gasteiger partial charge on any atom is 0.251 e. The molecule has 0 heterocycles. The molecule has 0 aliphatic rings. The Morgan fingerprint density at radius 3 is 2.35 bits per heavy atom. The lowest BCUT2D eigenvalue weighted by Gasteiger charge is -2.25. The van der Waals surface area contributed by atoms with E-state index < -0.39 is 5.54 Å². The molecule has 0 atom stereocenters. The van der Waals surface area contributed by atoms with E-state index in [-0.39, 0.29) is 11.8 Å². The van der Waals surface area contributed by atoms with Crippen LogP contribution in [0.4, 0.5) is 5.69 Å². The third kappa shape index (κ3) is 3.36. The highest BCUT2D eigenvalue weighted by Gasteiger charge is 2.30. The van der Waals surface area contributed by atoms with Crippen LogP contribution in [0.2, 0.25) is 0 Å². The molecule has 110 valence electrons. The van der Waals surface area contributed by atoms with E-state index in [1.54, 1.807) is 25.2 Å². The zero-order chi connectivity index (χ0) is 15.3. The monoisotopic (exact) mass is 277 g/mol. The molecular formula is C15H23N3O2. The van der Waals surface area contributed by atoms with E-state index >= 15 is 0 Å². The van der Waals surface area contributed by atoms with Gasteiger partial charge in [0, 0.05) is 18.3 Å². The Labute approximate surface area is 119 Å². The molecule has 1 aromatic carbocycles. The lowest BCUT2D eigenvalue weighted by molar-refractivity contribution is -0.121. The average molecular weight is 277 g/mol. The molecule has 0 aromatic heterocycles. The van der Waals surface area contributed by atoms with E-state index in [1.165, 1.54) is 0 Å². The lowest BCUT2D eigenvalue weighted by Crippen LogP contribution is -2.50. The molecule has 0 saturated heterocycles. The van der Waals surface area contributed by atoms with Crippen molar-refractivity contribution < 1.29 is 9.59 Å². The van der Waals surface area contributed by atoms with Crippen LogP contribution in [0.15, 0.2) is 18.2 Å². The summed E-state index contributed by atoms with van der Waals surface area (Å²) in [7, 11) is 1.57. The van der Waals surface area contributed by atoms with E-state index in [1.807, 2.05) is 20.8 Å². The van der Waals surface area contributed by atoms with Gasteiger partial charge in [-0.3, -0.25) is 9.59 Å². The fourth-order valence-corrected chi connectivity index (χ4v) is 1.86. The molecule has 0 unspecified atom stereocenters. The van der Waals surface area contributed by atoms with E-state index in [2.05, 4.69) is 10.6 Å². The van der Waals surface area contributed by atoms with Crippen molar-refractivity contribution in [2.75, 3.05) is 12.4 Å². The number of nitrogens with one attached hydrogen (secondary N) is 2. The van der Waals surface area contributed by atoms with Gasteiger partial charge < -0.3 is 16.4 Å². The molecule has 0 aliphatic carbocycles. The first-order valence-corrected chi connectivity index (χ1v) is 6.81. The zero-order valence-corrected chi connectivity index (χ0v) is 12.5. The molecule has 4 N–H and O–H groups in total. The third-order valence-electron chi connectivity index (χ3n) is 3.69. The summed E-state index contributed by atoms with van der Waals surface area (Å²) in [6, 6.07) is 5.19. The van der Waals surface area contributed by atoms with Crippen LogP contribution in [0.1, 0.15) is 42.6 Å². The second kappa shape index (κ2) is 6.52. The largest absolute Gasteiger partial charge is 0.355 e. The number of nitrogens with two attached hydrogens (primary N) is 1. The summed E-state index contributed by atoms with van der Waals surface area (Å²) in [6.45, 7) is 5.65. The van der Waals surface area contributed by atoms with Gasteiger partial charge in [-0.1, -0.05) is 19.9 Å². The maximum atomic E-state index is 12.3. The summed E-state index contributed by atoms with van der Waals surface area (Å²) in [5.41, 5.74) is 7.20. The van der Waals surface area contributed by atoms with Gasteiger partial charge in [-0.15, -0.1) is 0 Å². The van der Waals surface area contributed by atoms with Crippen molar-refractivity contribution in [1.29, 1.82) is 0 Å². The van der Waals surface area contributed by atoms with Gasteiger partial charge in [-0.2, -0.15) is 0 Å². The molecule has 1 rings (SSSR count). The predicted molar refractivity (Wildman–Crippen MR) is 80.7 cm³/mol. The molecular weight excluding hydrogens is 254 g/mol. The number of carbonyl (C=O) groups excluding carboxylic acids is 2. The van der Waals surface area contributed by atoms with Crippen molar-refractivity contribution in [3.05, 3.63) is 29.3 Å². The van der Waals surface area contributed by atoms with E-state index in [0.29, 0.717) is 24.1 Å². The molecule has 1 aromatic rings. The van der Waals surface area contributed by atoms with Crippen molar-refractivity contribution in [3.63, 3.8) is 0 Å². The number of benzene rings is 1. The van der Waals surface area contributed by atoms with Gasteiger partial charge in [0.25, 0.3) is 5.91 Å². The SMILES string of the molecule is CCC(N)(CC)C(=O)Nc1cc(C(=O)NC)ccc1C. The van der Waals surface area contributed by atoms with Gasteiger partial charge in [0.05, 0.1) is 5.54 Å². The fourth-order valence-electron chi connectivity index (χ4n) is 1.86. The van der Waals surface area contributed by atoms with E-state index in [0.717, 1.165) is 5.56 Å². The number of aryl methyl sites for hydroxylation is 1. The summed E-state index contributed by atoms with van der Waals surface area (Å²) in [5.74, 6) is -0.412. The third-order valence-corrected chi connectivity index (χ3v) is 3.69. The van der Waals surface area contributed by atoms with Crippen molar-refractivity contribution in [1.82, 2.24) is 5.32 Å². The van der Waals surface area contributed by atoms with Crippen molar-refractivity contribution in [2.45, 2.75) is 39.2 Å². The van der Waals surface area contributed by atoms with E-state index in [4.69, 9.17) is 5.73 Å². The molecule has 0 spiro atoms. The van der Waals surface area contributed by atoms with Crippen molar-refractivity contribution >= 4 is 17.5 Å². The van der Waals surface area contributed by atoms with Crippen LogP contribution in [0.3, 0.4) is 0 Å². The van der Waals surface area contributed by atoms with Gasteiger partial charge in [0.1, 0.15) is 0 Å². The minimum Gasteiger partial charge on any atom is -0.355 e. The van der Waals surface area contributed by atoms with Gasteiger partial charge >= 0.3 is 0 Å². The van der Waals surface area contributed by atoms with E-state index in [9.17, 15) is 9.59 Å². The Hall–Kier alpha value is -1.88. The quantitative estimate of drug-likeness (QED) is 0.767. The number of anilines is 1. The maximum absolute atomic E-state index is 12.3. The Balaban J connectivity index is 3.03. The van der Waals surface area contributed by atoms with Gasteiger partial charge in [0.2, 0.25) is 5.91 Å². The predicted octanol–water partition coefficient (Wildman–Crippen LogP) is 1.81. The minimum absolute atomic E-state index is 0.189. The lowest BCUT2D eigenvalue weighted by atomic mass is 9.93. The normalized spacial score (nSPS) is 11.1. The molecule has 5 nitrogen and oxygen atoms in total. The number of hydrogen-bond donors (Lipinski definition) is 3. The van der Waals surface area contributed by atoms with Gasteiger partial charge in [-0.25, -0.2) is 0 Å². The summed E-state index contributed by atoms with van der Waals surface area (Å²) < 4.78 is 0. The molecule has 0 radical (unpaired) electrons. The number of rotatable bonds is 5. The first-order valence-electron chi connectivity index (χ1n) is 6.81. The fraction of sp³-hybridized carbons (Fsp3) is 0.467. The summed E-state index contributed by atoms with van der Waals surface area (Å²) in [6.07, 6.45) is 1.12. The first-order chi connectivity index (χ1) is 9.37. The Kier molecular flexibility index (Phi) is 5.27. The molecule has 0 saturated carbocycles. The minimum atomic E-state index is -0.880. The van der Waals surface area contributed by atoms with Crippen LogP contribution in [-0.4, -0.2) is 24.4 Å². The Bertz CT molecular complexity index is 508. The molecule has 0 bridgehead atoms. The van der Waals surface area contributed by atoms with Crippen LogP contribution >= 0.6 is 0 Å². The second-order valence-electron chi connectivity index (χ2n) is 4.93. The van der Waals surface area contributed by atoms with Crippen LogP contribution in [0, 0.1) is 6.92 Å². The molecule has 2 amide bonds. The molecule has 5 heteroatoms.